The number of hydrogen-bond acceptors (Lipinski definition) is 4. The van der Waals surface area contributed by atoms with Gasteiger partial charge in [0.1, 0.15) is 0 Å². The molecule has 0 aliphatic rings. The number of amides is 1. The van der Waals surface area contributed by atoms with Crippen LogP contribution in [0.2, 0.25) is 0 Å². The zero-order chi connectivity index (χ0) is 15.9. The van der Waals surface area contributed by atoms with Gasteiger partial charge in [0, 0.05) is 31.3 Å². The molecular weight excluding hydrogens is 287 g/mol. The van der Waals surface area contributed by atoms with E-state index >= 15 is 0 Å². The number of halogens is 3. The molecule has 0 spiro atoms. The van der Waals surface area contributed by atoms with Crippen molar-refractivity contribution < 1.29 is 22.7 Å². The van der Waals surface area contributed by atoms with Crippen LogP contribution in [0.1, 0.15) is 5.69 Å². The third kappa shape index (κ3) is 6.64. The van der Waals surface area contributed by atoms with Gasteiger partial charge >= 0.3 is 6.18 Å². The maximum absolute atomic E-state index is 11.8. The Labute approximate surface area is 120 Å². The number of allylic oxidation sites excluding steroid dienone is 1. The van der Waals surface area contributed by atoms with Crippen LogP contribution in [0.15, 0.2) is 24.3 Å². The molecule has 0 aliphatic heterocycles. The number of pyridine rings is 1. The average Bonchev–Trinajstić information content (AvgIpc) is 2.41. The molecule has 1 aromatic heterocycles. The van der Waals surface area contributed by atoms with Gasteiger partial charge in [-0.3, -0.25) is 4.79 Å². The second-order valence-electron chi connectivity index (χ2n) is 4.08. The minimum absolute atomic E-state index is 0.104. The molecule has 5 nitrogen and oxygen atoms in total. The zero-order valence-electron chi connectivity index (χ0n) is 11.6. The maximum atomic E-state index is 11.8. The van der Waals surface area contributed by atoms with Crippen LogP contribution >= 0.6 is 0 Å². The van der Waals surface area contributed by atoms with Crippen molar-refractivity contribution in [2.24, 2.45) is 0 Å². The molecule has 1 amide bonds. The molecule has 1 heterocycles. The first-order valence-electron chi connectivity index (χ1n) is 6.11. The molecule has 0 aliphatic carbocycles. The fourth-order valence-corrected chi connectivity index (χ4v) is 1.45. The summed E-state index contributed by atoms with van der Waals surface area (Å²) in [4.78, 5) is 15.3. The molecule has 0 saturated heterocycles. The molecule has 0 atom stereocenters. The van der Waals surface area contributed by atoms with Crippen molar-refractivity contribution in [1.29, 1.82) is 0 Å². The smallest absolute Gasteiger partial charge is 0.409 e. The molecule has 0 saturated carbocycles. The maximum Gasteiger partial charge on any atom is 0.409 e. The molecule has 8 heteroatoms. The topological polar surface area (TPSA) is 63.2 Å². The summed E-state index contributed by atoms with van der Waals surface area (Å²) in [6.07, 6.45) is -4.13. The van der Waals surface area contributed by atoms with Crippen LogP contribution in [0.3, 0.4) is 0 Å². The number of aromatic nitrogens is 1. The summed E-state index contributed by atoms with van der Waals surface area (Å²) in [7, 11) is 1.51. The summed E-state index contributed by atoms with van der Waals surface area (Å²) < 4.78 is 40.5. The Morgan fingerprint density at radius 1 is 1.38 bits per heavy atom. The van der Waals surface area contributed by atoms with Crippen molar-refractivity contribution in [3.8, 4) is 5.88 Å². The number of carbonyl (C=O) groups excluding carboxylic acids is 1. The molecule has 0 unspecified atom stereocenters. The van der Waals surface area contributed by atoms with E-state index in [2.05, 4.69) is 15.6 Å². The van der Waals surface area contributed by atoms with Gasteiger partial charge in [-0.1, -0.05) is 0 Å². The predicted molar refractivity (Wildman–Crippen MR) is 72.2 cm³/mol. The Morgan fingerprint density at radius 3 is 2.67 bits per heavy atom. The molecule has 0 bridgehead atoms. The Balaban J connectivity index is 2.34. The van der Waals surface area contributed by atoms with E-state index in [9.17, 15) is 18.0 Å². The van der Waals surface area contributed by atoms with Gasteiger partial charge in [0.15, 0.2) is 0 Å². The van der Waals surface area contributed by atoms with Gasteiger partial charge in [0.05, 0.1) is 18.5 Å². The molecule has 2 N–H and O–H groups in total. The van der Waals surface area contributed by atoms with Crippen LogP contribution in [0.5, 0.6) is 5.88 Å². The van der Waals surface area contributed by atoms with Crippen molar-refractivity contribution in [2.45, 2.75) is 13.1 Å². The van der Waals surface area contributed by atoms with E-state index in [4.69, 9.17) is 4.74 Å². The van der Waals surface area contributed by atoms with Crippen molar-refractivity contribution in [3.05, 3.63) is 30.0 Å². The van der Waals surface area contributed by atoms with Crippen LogP contribution in [0.4, 0.5) is 18.9 Å². The van der Waals surface area contributed by atoms with E-state index < -0.39 is 12.1 Å². The number of ether oxygens (including phenoxy) is 1. The minimum Gasteiger partial charge on any atom is -0.481 e. The molecule has 21 heavy (non-hydrogen) atoms. The van der Waals surface area contributed by atoms with Crippen molar-refractivity contribution in [1.82, 2.24) is 10.3 Å². The first-order valence-corrected chi connectivity index (χ1v) is 6.11. The Hall–Kier alpha value is -2.25. The van der Waals surface area contributed by atoms with E-state index in [1.54, 1.807) is 19.1 Å². The number of nitrogens with one attached hydrogen (secondary N) is 2. The summed E-state index contributed by atoms with van der Waals surface area (Å²) in [5.74, 6) is -0.303. The van der Waals surface area contributed by atoms with Crippen molar-refractivity contribution >= 4 is 11.6 Å². The fourth-order valence-electron chi connectivity index (χ4n) is 1.45. The summed E-state index contributed by atoms with van der Waals surface area (Å²) in [5.41, 5.74) is 1.48. The van der Waals surface area contributed by atoms with Gasteiger partial charge < -0.3 is 15.4 Å². The number of anilines is 1. The largest absolute Gasteiger partial charge is 0.481 e. The second kappa shape index (κ2) is 7.51. The lowest BCUT2D eigenvalue weighted by atomic mass is 10.3. The number of methoxy groups -OCH3 is 1. The molecule has 0 fully saturated rings. The van der Waals surface area contributed by atoms with E-state index in [0.29, 0.717) is 18.5 Å². The Bertz CT molecular complexity index is 516. The van der Waals surface area contributed by atoms with Gasteiger partial charge in [0.2, 0.25) is 11.8 Å². The number of nitrogens with zero attached hydrogens (tertiary/aromatic N) is 1. The summed E-state index contributed by atoms with van der Waals surface area (Å²) >= 11 is 0. The van der Waals surface area contributed by atoms with Crippen molar-refractivity contribution in [2.75, 3.05) is 25.5 Å². The van der Waals surface area contributed by atoms with Gasteiger partial charge in [-0.2, -0.15) is 13.2 Å². The summed E-state index contributed by atoms with van der Waals surface area (Å²) in [6.45, 7) is 2.34. The van der Waals surface area contributed by atoms with E-state index in [0.717, 1.165) is 11.4 Å². The van der Waals surface area contributed by atoms with E-state index in [1.165, 1.54) is 7.11 Å². The average molecular weight is 303 g/mol. The third-order valence-corrected chi connectivity index (χ3v) is 2.43. The van der Waals surface area contributed by atoms with E-state index in [1.807, 2.05) is 0 Å². The molecule has 0 radical (unpaired) electrons. The highest BCUT2D eigenvalue weighted by Crippen LogP contribution is 2.16. The van der Waals surface area contributed by atoms with Crippen LogP contribution in [0.25, 0.3) is 0 Å². The fraction of sp³-hybridized carbons (Fsp3) is 0.385. The predicted octanol–water partition coefficient (Wildman–Crippen LogP) is 2.05. The normalized spacial score (nSPS) is 11.5. The Morgan fingerprint density at radius 2 is 2.10 bits per heavy atom. The first kappa shape index (κ1) is 16.8. The number of aryl methyl sites for hydroxylation is 1. The molecule has 0 aromatic carbocycles. The zero-order valence-corrected chi connectivity index (χ0v) is 11.6. The number of carbonyl (C=O) groups is 1. The number of alkyl halides is 3. The lowest BCUT2D eigenvalue weighted by molar-refractivity contribution is -0.117. The monoisotopic (exact) mass is 303 g/mol. The molecule has 1 rings (SSSR count). The van der Waals surface area contributed by atoms with Crippen molar-refractivity contribution in [3.63, 3.8) is 0 Å². The summed E-state index contributed by atoms with van der Waals surface area (Å²) in [6, 6.07) is 3.45. The molecule has 1 aromatic rings. The van der Waals surface area contributed by atoms with Crippen LogP contribution in [0, 0.1) is 6.92 Å². The van der Waals surface area contributed by atoms with Crippen LogP contribution in [-0.4, -0.2) is 37.3 Å². The van der Waals surface area contributed by atoms with Crippen LogP contribution in [-0.2, 0) is 4.79 Å². The molecular formula is C13H16F3N3O2. The second-order valence-corrected chi connectivity index (χ2v) is 4.08. The first-order chi connectivity index (χ1) is 9.81. The van der Waals surface area contributed by atoms with Crippen LogP contribution < -0.4 is 15.4 Å². The highest BCUT2D eigenvalue weighted by atomic mass is 19.4. The minimum atomic E-state index is -4.48. The highest BCUT2D eigenvalue weighted by molar-refractivity contribution is 5.87. The lowest BCUT2D eigenvalue weighted by Crippen LogP contribution is -2.27. The lowest BCUT2D eigenvalue weighted by Gasteiger charge is -2.10. The SMILES string of the molecule is COc1ccc(NCCNC(=O)C=CC(F)(F)F)c(C)n1. The standard InChI is InChI=1S/C13H16F3N3O2/c1-9-10(3-4-12(19-9)21-2)17-7-8-18-11(20)5-6-13(14,15)16/h3-6,17H,7-8H2,1-2H3,(H,18,20). The quantitative estimate of drug-likeness (QED) is 0.623. The van der Waals surface area contributed by atoms with Gasteiger partial charge in [0.25, 0.3) is 0 Å². The molecule has 116 valence electrons. The van der Waals surface area contributed by atoms with Gasteiger partial charge in [-0.05, 0) is 13.0 Å². The summed E-state index contributed by atoms with van der Waals surface area (Å²) in [5, 5.41) is 5.35. The van der Waals surface area contributed by atoms with Gasteiger partial charge in [-0.15, -0.1) is 0 Å². The number of hydrogen-bond donors (Lipinski definition) is 2. The third-order valence-electron chi connectivity index (χ3n) is 2.43. The number of rotatable bonds is 6. The van der Waals surface area contributed by atoms with E-state index in [-0.39, 0.29) is 12.6 Å². The Kier molecular flexibility index (Phi) is 6.01. The highest BCUT2D eigenvalue weighted by Gasteiger charge is 2.22. The van der Waals surface area contributed by atoms with Gasteiger partial charge in [-0.25, -0.2) is 4.98 Å².